The summed E-state index contributed by atoms with van der Waals surface area (Å²) >= 11 is 3.32. The SMILES string of the molecule is O=C(c1c(F)cccc1-c1ccccc1)N1CCC[C@@H](Nc2ncc(Br)cn2)C1. The molecular weight excluding hydrogens is 435 g/mol. The summed E-state index contributed by atoms with van der Waals surface area (Å²) in [6.45, 7) is 1.07. The number of hydrogen-bond acceptors (Lipinski definition) is 4. The van der Waals surface area contributed by atoms with Crippen LogP contribution in [0.15, 0.2) is 65.4 Å². The minimum atomic E-state index is -0.498. The Bertz CT molecular complexity index is 997. The lowest BCUT2D eigenvalue weighted by molar-refractivity contribution is 0.0710. The molecule has 0 saturated carbocycles. The second-order valence-corrected chi connectivity index (χ2v) is 7.90. The maximum atomic E-state index is 14.7. The Kier molecular flexibility index (Phi) is 5.85. The number of carbonyl (C=O) groups excluding carboxylic acids is 1. The summed E-state index contributed by atoms with van der Waals surface area (Å²) < 4.78 is 15.5. The van der Waals surface area contributed by atoms with Crippen LogP contribution in [0.4, 0.5) is 10.3 Å². The zero-order chi connectivity index (χ0) is 20.2. The van der Waals surface area contributed by atoms with Gasteiger partial charge in [0.1, 0.15) is 5.82 Å². The number of nitrogens with zero attached hydrogens (tertiary/aromatic N) is 3. The molecule has 148 valence electrons. The highest BCUT2D eigenvalue weighted by atomic mass is 79.9. The van der Waals surface area contributed by atoms with Crippen molar-refractivity contribution in [2.24, 2.45) is 0 Å². The van der Waals surface area contributed by atoms with Gasteiger partial charge in [-0.25, -0.2) is 14.4 Å². The molecule has 0 radical (unpaired) electrons. The molecule has 29 heavy (non-hydrogen) atoms. The highest BCUT2D eigenvalue weighted by Crippen LogP contribution is 2.28. The van der Waals surface area contributed by atoms with Crippen molar-refractivity contribution in [3.63, 3.8) is 0 Å². The van der Waals surface area contributed by atoms with Crippen LogP contribution >= 0.6 is 15.9 Å². The topological polar surface area (TPSA) is 58.1 Å². The Morgan fingerprint density at radius 2 is 1.86 bits per heavy atom. The van der Waals surface area contributed by atoms with E-state index in [1.54, 1.807) is 29.4 Å². The van der Waals surface area contributed by atoms with Crippen LogP contribution < -0.4 is 5.32 Å². The molecule has 7 heteroatoms. The zero-order valence-electron chi connectivity index (χ0n) is 15.7. The molecule has 2 aromatic carbocycles. The van der Waals surface area contributed by atoms with E-state index in [2.05, 4.69) is 31.2 Å². The van der Waals surface area contributed by atoms with E-state index < -0.39 is 5.82 Å². The molecule has 4 rings (SSSR count). The van der Waals surface area contributed by atoms with Crippen molar-refractivity contribution in [3.05, 3.63) is 76.8 Å². The number of aromatic nitrogens is 2. The lowest BCUT2D eigenvalue weighted by Gasteiger charge is -2.33. The summed E-state index contributed by atoms with van der Waals surface area (Å²) in [6.07, 6.45) is 5.07. The fraction of sp³-hybridized carbons (Fsp3) is 0.227. The van der Waals surface area contributed by atoms with Gasteiger partial charge >= 0.3 is 0 Å². The standard InChI is InChI=1S/C22H20BrFN4O/c23-16-12-25-22(26-13-16)27-17-8-5-11-28(14-17)21(29)20-18(9-4-10-19(20)24)15-6-2-1-3-7-15/h1-4,6-7,9-10,12-13,17H,5,8,11,14H2,(H,25,26,27)/t17-/m1/s1. The Morgan fingerprint density at radius 3 is 2.62 bits per heavy atom. The van der Waals surface area contributed by atoms with Crippen LogP contribution in [0.2, 0.25) is 0 Å². The van der Waals surface area contributed by atoms with Crippen molar-refractivity contribution in [2.75, 3.05) is 18.4 Å². The van der Waals surface area contributed by atoms with Gasteiger partial charge in [-0.05, 0) is 46.0 Å². The van der Waals surface area contributed by atoms with Gasteiger partial charge < -0.3 is 10.2 Å². The van der Waals surface area contributed by atoms with Gasteiger partial charge in [0.25, 0.3) is 5.91 Å². The number of piperidine rings is 1. The van der Waals surface area contributed by atoms with Gasteiger partial charge in [0.05, 0.1) is 10.0 Å². The average molecular weight is 455 g/mol. The Balaban J connectivity index is 1.56. The first kappa shape index (κ1) is 19.5. The first-order chi connectivity index (χ1) is 14.1. The number of carbonyl (C=O) groups is 1. The van der Waals surface area contributed by atoms with Gasteiger partial charge in [-0.3, -0.25) is 4.79 Å². The van der Waals surface area contributed by atoms with Gasteiger partial charge in [0.2, 0.25) is 5.95 Å². The number of likely N-dealkylation sites (tertiary alicyclic amines) is 1. The highest BCUT2D eigenvalue weighted by Gasteiger charge is 2.28. The quantitative estimate of drug-likeness (QED) is 0.617. The van der Waals surface area contributed by atoms with E-state index in [9.17, 15) is 9.18 Å². The molecule has 1 aliphatic heterocycles. The van der Waals surface area contributed by atoms with Crippen LogP contribution in [-0.4, -0.2) is 39.9 Å². The number of nitrogens with one attached hydrogen (secondary N) is 1. The molecule has 0 bridgehead atoms. The highest BCUT2D eigenvalue weighted by molar-refractivity contribution is 9.10. The van der Waals surface area contributed by atoms with Crippen LogP contribution in [0.1, 0.15) is 23.2 Å². The molecule has 2 heterocycles. The third-order valence-corrected chi connectivity index (χ3v) is 5.38. The van der Waals surface area contributed by atoms with Crippen LogP contribution in [0.3, 0.4) is 0 Å². The summed E-state index contributed by atoms with van der Waals surface area (Å²) in [5.74, 6) is -0.267. The maximum Gasteiger partial charge on any atom is 0.257 e. The number of hydrogen-bond donors (Lipinski definition) is 1. The second-order valence-electron chi connectivity index (χ2n) is 6.99. The molecule has 1 amide bonds. The van der Waals surface area contributed by atoms with Crippen molar-refractivity contribution < 1.29 is 9.18 Å². The van der Waals surface area contributed by atoms with E-state index >= 15 is 0 Å². The van der Waals surface area contributed by atoms with Crippen molar-refractivity contribution in [2.45, 2.75) is 18.9 Å². The Morgan fingerprint density at radius 1 is 1.10 bits per heavy atom. The van der Waals surface area contributed by atoms with Gasteiger partial charge in [-0.1, -0.05) is 42.5 Å². The van der Waals surface area contributed by atoms with Crippen LogP contribution in [-0.2, 0) is 0 Å². The van der Waals surface area contributed by atoms with Gasteiger partial charge in [0, 0.05) is 31.5 Å². The monoisotopic (exact) mass is 454 g/mol. The largest absolute Gasteiger partial charge is 0.350 e. The lowest BCUT2D eigenvalue weighted by atomic mass is 9.97. The molecule has 1 aliphatic rings. The first-order valence-corrected chi connectivity index (χ1v) is 10.3. The summed E-state index contributed by atoms with van der Waals surface area (Å²) in [4.78, 5) is 23.5. The number of benzene rings is 2. The maximum absolute atomic E-state index is 14.7. The number of amides is 1. The van der Waals surface area contributed by atoms with E-state index in [0.717, 1.165) is 22.9 Å². The molecule has 0 aliphatic carbocycles. The molecule has 3 aromatic rings. The van der Waals surface area contributed by atoms with Gasteiger partial charge in [-0.2, -0.15) is 0 Å². The number of halogens is 2. The van der Waals surface area contributed by atoms with E-state index in [-0.39, 0.29) is 17.5 Å². The molecule has 1 fully saturated rings. The summed E-state index contributed by atoms with van der Waals surface area (Å²) in [5, 5.41) is 3.27. The predicted molar refractivity (Wildman–Crippen MR) is 114 cm³/mol. The van der Waals surface area contributed by atoms with Gasteiger partial charge in [-0.15, -0.1) is 0 Å². The molecule has 1 aromatic heterocycles. The van der Waals surface area contributed by atoms with Crippen LogP contribution in [0.25, 0.3) is 11.1 Å². The molecule has 1 saturated heterocycles. The third-order valence-electron chi connectivity index (χ3n) is 4.97. The van der Waals surface area contributed by atoms with Crippen molar-refractivity contribution in [3.8, 4) is 11.1 Å². The van der Waals surface area contributed by atoms with Crippen molar-refractivity contribution in [1.82, 2.24) is 14.9 Å². The molecule has 0 spiro atoms. The third kappa shape index (κ3) is 4.45. The number of rotatable bonds is 4. The molecule has 1 atom stereocenters. The average Bonchev–Trinajstić information content (AvgIpc) is 2.75. The normalized spacial score (nSPS) is 16.5. The summed E-state index contributed by atoms with van der Waals surface area (Å²) in [5.41, 5.74) is 1.56. The molecule has 1 N–H and O–H groups in total. The zero-order valence-corrected chi connectivity index (χ0v) is 17.3. The first-order valence-electron chi connectivity index (χ1n) is 9.49. The molecule has 5 nitrogen and oxygen atoms in total. The lowest BCUT2D eigenvalue weighted by Crippen LogP contribution is -2.45. The van der Waals surface area contributed by atoms with Crippen molar-refractivity contribution in [1.29, 1.82) is 0 Å². The minimum absolute atomic E-state index is 0.0147. The van der Waals surface area contributed by atoms with E-state index in [0.29, 0.717) is 24.6 Å². The second kappa shape index (κ2) is 8.69. The van der Waals surface area contributed by atoms with Gasteiger partial charge in [0.15, 0.2) is 0 Å². The van der Waals surface area contributed by atoms with E-state index in [1.807, 2.05) is 30.3 Å². The fourth-order valence-corrected chi connectivity index (χ4v) is 3.81. The number of anilines is 1. The van der Waals surface area contributed by atoms with E-state index in [4.69, 9.17) is 0 Å². The van der Waals surface area contributed by atoms with Crippen LogP contribution in [0.5, 0.6) is 0 Å². The minimum Gasteiger partial charge on any atom is -0.350 e. The van der Waals surface area contributed by atoms with Crippen molar-refractivity contribution >= 4 is 27.8 Å². The fourth-order valence-electron chi connectivity index (χ4n) is 3.61. The van der Waals surface area contributed by atoms with Crippen LogP contribution in [0, 0.1) is 5.82 Å². The molecule has 0 unspecified atom stereocenters. The Hall–Kier alpha value is -2.80. The summed E-state index contributed by atoms with van der Waals surface area (Å²) in [6, 6.07) is 14.2. The summed E-state index contributed by atoms with van der Waals surface area (Å²) in [7, 11) is 0. The Labute approximate surface area is 177 Å². The molecular formula is C22H20BrFN4O. The predicted octanol–water partition coefficient (Wildman–Crippen LogP) is 4.76. The van der Waals surface area contributed by atoms with E-state index in [1.165, 1.54) is 6.07 Å². The smallest absolute Gasteiger partial charge is 0.257 e.